The molecule has 104 valence electrons. The van der Waals surface area contributed by atoms with Crippen molar-refractivity contribution >= 4 is 10.0 Å². The van der Waals surface area contributed by atoms with Gasteiger partial charge in [-0.1, -0.05) is 6.92 Å². The first-order chi connectivity index (χ1) is 7.81. The second-order valence-electron chi connectivity index (χ2n) is 4.63. The van der Waals surface area contributed by atoms with E-state index in [-0.39, 0.29) is 0 Å². The summed E-state index contributed by atoms with van der Waals surface area (Å²) in [6, 6.07) is 0.429. The maximum atomic E-state index is 11.8. The average molecular weight is 265 g/mol. The zero-order chi connectivity index (χ0) is 13.5. The monoisotopic (exact) mass is 265 g/mol. The maximum absolute atomic E-state index is 11.8. The molecule has 5 nitrogen and oxygen atoms in total. The molecule has 0 aliphatic rings. The zero-order valence-electron chi connectivity index (χ0n) is 11.7. The molecule has 0 bridgehead atoms. The summed E-state index contributed by atoms with van der Waals surface area (Å²) in [5.74, 6) is 0. The van der Waals surface area contributed by atoms with Crippen molar-refractivity contribution in [3.8, 4) is 0 Å². The predicted molar refractivity (Wildman–Crippen MR) is 72.7 cm³/mol. The molecule has 0 spiro atoms. The SMILES string of the molecule is CCNCC(C)S(=O)(=O)NCCN(C)C(C)C. The van der Waals surface area contributed by atoms with Crippen LogP contribution in [0.1, 0.15) is 27.7 Å². The lowest BCUT2D eigenvalue weighted by atomic mass is 10.3. The Bertz CT molecular complexity index is 291. The van der Waals surface area contributed by atoms with Gasteiger partial charge in [-0.15, -0.1) is 0 Å². The number of nitrogens with zero attached hydrogens (tertiary/aromatic N) is 1. The van der Waals surface area contributed by atoms with Gasteiger partial charge in [-0.3, -0.25) is 0 Å². The van der Waals surface area contributed by atoms with E-state index in [1.54, 1.807) is 6.92 Å². The molecule has 1 atom stereocenters. The fourth-order valence-corrected chi connectivity index (χ4v) is 2.22. The van der Waals surface area contributed by atoms with Crippen molar-refractivity contribution < 1.29 is 8.42 Å². The summed E-state index contributed by atoms with van der Waals surface area (Å²) in [7, 11) is -1.21. The van der Waals surface area contributed by atoms with Crippen molar-refractivity contribution in [2.24, 2.45) is 0 Å². The van der Waals surface area contributed by atoms with E-state index in [0.717, 1.165) is 13.1 Å². The van der Waals surface area contributed by atoms with Crippen LogP contribution in [0.15, 0.2) is 0 Å². The highest BCUT2D eigenvalue weighted by Gasteiger charge is 2.19. The lowest BCUT2D eigenvalue weighted by Gasteiger charge is -2.21. The van der Waals surface area contributed by atoms with Gasteiger partial charge >= 0.3 is 0 Å². The molecule has 0 heterocycles. The quantitative estimate of drug-likeness (QED) is 0.627. The first-order valence-corrected chi connectivity index (χ1v) is 7.75. The van der Waals surface area contributed by atoms with Crippen molar-refractivity contribution in [1.82, 2.24) is 14.9 Å². The molecule has 6 heteroatoms. The number of hydrogen-bond acceptors (Lipinski definition) is 4. The Morgan fingerprint density at radius 2 is 1.82 bits per heavy atom. The van der Waals surface area contributed by atoms with Crippen LogP contribution in [-0.2, 0) is 10.0 Å². The largest absolute Gasteiger partial charge is 0.316 e. The van der Waals surface area contributed by atoms with Gasteiger partial charge in [0.05, 0.1) is 5.25 Å². The lowest BCUT2D eigenvalue weighted by molar-refractivity contribution is 0.278. The van der Waals surface area contributed by atoms with Crippen LogP contribution < -0.4 is 10.0 Å². The molecule has 2 N–H and O–H groups in total. The van der Waals surface area contributed by atoms with Crippen LogP contribution >= 0.6 is 0 Å². The number of sulfonamides is 1. The smallest absolute Gasteiger partial charge is 0.215 e. The standard InChI is InChI=1S/C11H27N3O2S/c1-6-12-9-11(4)17(15,16)13-7-8-14(5)10(2)3/h10-13H,6-9H2,1-5H3. The van der Waals surface area contributed by atoms with Gasteiger partial charge in [-0.05, 0) is 34.4 Å². The highest BCUT2D eigenvalue weighted by Crippen LogP contribution is 1.97. The van der Waals surface area contributed by atoms with Crippen LogP contribution in [-0.4, -0.2) is 57.8 Å². The van der Waals surface area contributed by atoms with Gasteiger partial charge in [0.15, 0.2) is 0 Å². The minimum absolute atomic E-state index is 0.396. The van der Waals surface area contributed by atoms with Crippen LogP contribution in [0.3, 0.4) is 0 Å². The molecule has 0 aromatic rings. The van der Waals surface area contributed by atoms with Crippen LogP contribution in [0.4, 0.5) is 0 Å². The Morgan fingerprint density at radius 3 is 2.29 bits per heavy atom. The summed E-state index contributed by atoms with van der Waals surface area (Å²) in [6.07, 6.45) is 0. The van der Waals surface area contributed by atoms with Gasteiger partial charge in [-0.2, -0.15) is 0 Å². The third kappa shape index (κ3) is 6.98. The predicted octanol–water partition coefficient (Wildman–Crippen LogP) is 0.244. The van der Waals surface area contributed by atoms with Crippen molar-refractivity contribution in [2.45, 2.75) is 39.0 Å². The van der Waals surface area contributed by atoms with E-state index in [1.807, 2.05) is 14.0 Å². The molecule has 0 aliphatic heterocycles. The molecule has 0 aromatic carbocycles. The maximum Gasteiger partial charge on any atom is 0.215 e. The Morgan fingerprint density at radius 1 is 1.24 bits per heavy atom. The minimum Gasteiger partial charge on any atom is -0.316 e. The van der Waals surface area contributed by atoms with Gasteiger partial charge in [0.25, 0.3) is 0 Å². The van der Waals surface area contributed by atoms with E-state index in [9.17, 15) is 8.42 Å². The molecule has 0 amide bonds. The van der Waals surface area contributed by atoms with Gasteiger partial charge in [0, 0.05) is 25.7 Å². The fraction of sp³-hybridized carbons (Fsp3) is 1.00. The topological polar surface area (TPSA) is 61.4 Å². The van der Waals surface area contributed by atoms with E-state index >= 15 is 0 Å². The van der Waals surface area contributed by atoms with Crippen molar-refractivity contribution in [1.29, 1.82) is 0 Å². The van der Waals surface area contributed by atoms with E-state index in [2.05, 4.69) is 28.8 Å². The molecule has 1 unspecified atom stereocenters. The molecule has 0 rings (SSSR count). The number of hydrogen-bond donors (Lipinski definition) is 2. The van der Waals surface area contributed by atoms with E-state index < -0.39 is 15.3 Å². The van der Waals surface area contributed by atoms with E-state index in [4.69, 9.17) is 0 Å². The number of likely N-dealkylation sites (N-methyl/N-ethyl adjacent to an activating group) is 1. The van der Waals surface area contributed by atoms with Crippen LogP contribution in [0.25, 0.3) is 0 Å². The molecule has 0 radical (unpaired) electrons. The molecule has 17 heavy (non-hydrogen) atoms. The highest BCUT2D eigenvalue weighted by atomic mass is 32.2. The summed E-state index contributed by atoms with van der Waals surface area (Å²) < 4.78 is 26.3. The van der Waals surface area contributed by atoms with E-state index in [0.29, 0.717) is 19.1 Å². The van der Waals surface area contributed by atoms with Gasteiger partial charge in [-0.25, -0.2) is 13.1 Å². The van der Waals surface area contributed by atoms with Gasteiger partial charge in [0.1, 0.15) is 0 Å². The third-order valence-electron chi connectivity index (χ3n) is 2.86. The Hall–Kier alpha value is -0.170. The highest BCUT2D eigenvalue weighted by molar-refractivity contribution is 7.90. The van der Waals surface area contributed by atoms with Crippen molar-refractivity contribution in [3.05, 3.63) is 0 Å². The van der Waals surface area contributed by atoms with Crippen LogP contribution in [0.2, 0.25) is 0 Å². The van der Waals surface area contributed by atoms with Gasteiger partial charge < -0.3 is 10.2 Å². The second-order valence-corrected chi connectivity index (χ2v) is 6.82. The van der Waals surface area contributed by atoms with E-state index in [1.165, 1.54) is 0 Å². The number of nitrogens with one attached hydrogen (secondary N) is 2. The normalized spacial score (nSPS) is 14.5. The minimum atomic E-state index is -3.19. The summed E-state index contributed by atoms with van der Waals surface area (Å²) in [5.41, 5.74) is 0. The number of rotatable bonds is 9. The van der Waals surface area contributed by atoms with Crippen molar-refractivity contribution in [3.63, 3.8) is 0 Å². The fourth-order valence-electron chi connectivity index (χ4n) is 1.22. The summed E-state index contributed by atoms with van der Waals surface area (Å²) in [4.78, 5) is 2.11. The molecule has 0 saturated carbocycles. The third-order valence-corrected chi connectivity index (χ3v) is 4.69. The molecule has 0 saturated heterocycles. The molecular formula is C11H27N3O2S. The van der Waals surface area contributed by atoms with Crippen molar-refractivity contribution in [2.75, 3.05) is 33.2 Å². The Balaban J connectivity index is 4.01. The Kier molecular flexibility index (Phi) is 7.94. The molecule has 0 fully saturated rings. The molecular weight excluding hydrogens is 238 g/mol. The Labute approximate surface area is 106 Å². The second kappa shape index (κ2) is 8.02. The lowest BCUT2D eigenvalue weighted by Crippen LogP contribution is -2.42. The zero-order valence-corrected chi connectivity index (χ0v) is 12.5. The van der Waals surface area contributed by atoms with Crippen LogP contribution in [0.5, 0.6) is 0 Å². The summed E-state index contributed by atoms with van der Waals surface area (Å²) in [6.45, 7) is 10.3. The summed E-state index contributed by atoms with van der Waals surface area (Å²) in [5, 5.41) is 2.65. The van der Waals surface area contributed by atoms with Crippen LogP contribution in [0, 0.1) is 0 Å². The first kappa shape index (κ1) is 16.8. The molecule has 0 aliphatic carbocycles. The molecule has 0 aromatic heterocycles. The van der Waals surface area contributed by atoms with Gasteiger partial charge in [0.2, 0.25) is 10.0 Å². The average Bonchev–Trinajstić information content (AvgIpc) is 2.25. The summed E-state index contributed by atoms with van der Waals surface area (Å²) >= 11 is 0. The first-order valence-electron chi connectivity index (χ1n) is 6.20.